The Morgan fingerprint density at radius 2 is 2.05 bits per heavy atom. The average molecular weight is 571 g/mol. The van der Waals surface area contributed by atoms with E-state index < -0.39 is 29.5 Å². The third-order valence-electron chi connectivity index (χ3n) is 6.65. The molecule has 0 bridgehead atoms. The minimum absolute atomic E-state index is 0.0182. The first-order chi connectivity index (χ1) is 19.5. The zero-order valence-corrected chi connectivity index (χ0v) is 23.8. The number of amides is 1. The smallest absolute Gasteiger partial charge is 0.407 e. The van der Waals surface area contributed by atoms with Crippen molar-refractivity contribution in [2.45, 2.75) is 71.7 Å². The largest absolute Gasteiger partial charge is 0.486 e. The maximum atomic E-state index is 14.5. The Hall–Kier alpha value is -4.16. The molecular formula is C28H35FN6O6. The van der Waals surface area contributed by atoms with E-state index in [1.54, 1.807) is 40.8 Å². The number of nitrogens with one attached hydrogen (secondary N) is 1. The lowest BCUT2D eigenvalue weighted by Crippen LogP contribution is -2.45. The summed E-state index contributed by atoms with van der Waals surface area (Å²) >= 11 is 0. The molecule has 1 fully saturated rings. The fourth-order valence-electron chi connectivity index (χ4n) is 4.68. The molecule has 0 aromatic carbocycles. The summed E-state index contributed by atoms with van der Waals surface area (Å²) in [6, 6.07) is 0.968. The highest BCUT2D eigenvalue weighted by Gasteiger charge is 2.41. The first-order valence-corrected chi connectivity index (χ1v) is 13.7. The number of nitrogens with zero attached hydrogens (tertiary/aromatic N) is 5. The summed E-state index contributed by atoms with van der Waals surface area (Å²) in [5, 5.41) is 6.98. The number of aromatic nitrogens is 4. The summed E-state index contributed by atoms with van der Waals surface area (Å²) in [5.41, 5.74) is 0.458. The molecule has 220 valence electrons. The zero-order valence-electron chi connectivity index (χ0n) is 23.8. The molecule has 4 heterocycles. The number of halogens is 1. The van der Waals surface area contributed by atoms with Crippen LogP contribution in [0.2, 0.25) is 0 Å². The Morgan fingerprint density at radius 1 is 1.27 bits per heavy atom. The van der Waals surface area contributed by atoms with E-state index in [2.05, 4.69) is 20.3 Å². The van der Waals surface area contributed by atoms with Crippen LogP contribution in [-0.4, -0.2) is 69.1 Å². The second kappa shape index (κ2) is 11.4. The standard InChI is InChI=1S/C28H35FN6O6/c1-6-38-26(36)20-11-31-35-13-22-24(33-23(20)35)34(21(15-39-22)17-7-8-17)12-18-9-19(29)10-30-25(18)40-14-16(2)32-27(37)41-28(3,4)5/h9-11,13,16-17,21H,6-8,12,14-15H2,1-5H3,(H,32,37)/t16-,21+/m1/s1. The van der Waals surface area contributed by atoms with Crippen LogP contribution in [0.4, 0.5) is 15.0 Å². The molecule has 0 saturated heterocycles. The van der Waals surface area contributed by atoms with Gasteiger partial charge in [0.2, 0.25) is 5.88 Å². The highest BCUT2D eigenvalue weighted by molar-refractivity contribution is 5.96. The van der Waals surface area contributed by atoms with Crippen LogP contribution in [0.15, 0.2) is 24.7 Å². The Bertz CT molecular complexity index is 1440. The van der Waals surface area contributed by atoms with Gasteiger partial charge < -0.3 is 29.2 Å². The Balaban J connectivity index is 1.41. The monoisotopic (exact) mass is 570 g/mol. The van der Waals surface area contributed by atoms with Crippen LogP contribution in [0.5, 0.6) is 11.6 Å². The van der Waals surface area contributed by atoms with E-state index in [9.17, 15) is 14.0 Å². The fourth-order valence-corrected chi connectivity index (χ4v) is 4.68. The molecule has 0 spiro atoms. The molecule has 5 rings (SSSR count). The van der Waals surface area contributed by atoms with Crippen LogP contribution in [0, 0.1) is 11.7 Å². The molecule has 1 N–H and O–H groups in total. The van der Waals surface area contributed by atoms with Gasteiger partial charge in [-0.15, -0.1) is 0 Å². The predicted molar refractivity (Wildman–Crippen MR) is 146 cm³/mol. The summed E-state index contributed by atoms with van der Waals surface area (Å²) in [6.45, 7) is 9.83. The van der Waals surface area contributed by atoms with Crippen LogP contribution in [-0.2, 0) is 16.0 Å². The number of carbonyl (C=O) groups is 2. The second-order valence-corrected chi connectivity index (χ2v) is 11.3. The van der Waals surface area contributed by atoms with E-state index in [1.807, 2.05) is 0 Å². The summed E-state index contributed by atoms with van der Waals surface area (Å²) in [7, 11) is 0. The quantitative estimate of drug-likeness (QED) is 0.378. The van der Waals surface area contributed by atoms with Gasteiger partial charge in [0.05, 0.1) is 43.8 Å². The van der Waals surface area contributed by atoms with Crippen LogP contribution >= 0.6 is 0 Å². The van der Waals surface area contributed by atoms with Gasteiger partial charge >= 0.3 is 12.1 Å². The van der Waals surface area contributed by atoms with Gasteiger partial charge in [-0.1, -0.05) is 0 Å². The number of hydrogen-bond acceptors (Lipinski definition) is 10. The Kier molecular flexibility index (Phi) is 7.87. The maximum absolute atomic E-state index is 14.5. The molecule has 2 atom stereocenters. The normalized spacial score (nSPS) is 17.4. The molecule has 3 aromatic heterocycles. The summed E-state index contributed by atoms with van der Waals surface area (Å²) in [6.07, 6.45) is 5.72. The number of ether oxygens (including phenoxy) is 4. The van der Waals surface area contributed by atoms with Gasteiger partial charge in [0.15, 0.2) is 17.2 Å². The lowest BCUT2D eigenvalue weighted by atomic mass is 10.1. The van der Waals surface area contributed by atoms with Gasteiger partial charge in [0.1, 0.15) is 30.2 Å². The molecule has 0 radical (unpaired) electrons. The number of pyridine rings is 1. The van der Waals surface area contributed by atoms with Crippen molar-refractivity contribution in [3.8, 4) is 11.6 Å². The molecule has 1 amide bonds. The highest BCUT2D eigenvalue weighted by atomic mass is 19.1. The molecule has 0 unspecified atom stereocenters. The predicted octanol–water partition coefficient (Wildman–Crippen LogP) is 3.91. The first-order valence-electron chi connectivity index (χ1n) is 13.7. The van der Waals surface area contributed by atoms with E-state index in [0.717, 1.165) is 19.0 Å². The maximum Gasteiger partial charge on any atom is 0.407 e. The number of anilines is 1. The third kappa shape index (κ3) is 6.60. The summed E-state index contributed by atoms with van der Waals surface area (Å²) in [5.74, 6) is 0.615. The van der Waals surface area contributed by atoms with Crippen molar-refractivity contribution in [2.75, 3.05) is 24.7 Å². The molecule has 1 aliphatic carbocycles. The van der Waals surface area contributed by atoms with Gasteiger partial charge in [-0.3, -0.25) is 0 Å². The average Bonchev–Trinajstić information content (AvgIpc) is 3.65. The van der Waals surface area contributed by atoms with E-state index in [0.29, 0.717) is 35.3 Å². The lowest BCUT2D eigenvalue weighted by Gasteiger charge is -2.38. The van der Waals surface area contributed by atoms with Crippen LogP contribution in [0.25, 0.3) is 5.65 Å². The summed E-state index contributed by atoms with van der Waals surface area (Å²) in [4.78, 5) is 35.7. The minimum Gasteiger partial charge on any atom is -0.486 e. The molecule has 13 heteroatoms. The van der Waals surface area contributed by atoms with E-state index >= 15 is 0 Å². The van der Waals surface area contributed by atoms with Crippen LogP contribution in [0.1, 0.15) is 63.4 Å². The SMILES string of the molecule is CCOC(=O)c1cnn2cc3c(nc12)N(Cc1cc(F)cnc1OC[C@@H](C)NC(=O)OC(C)(C)C)[C@H](C1CC1)CO3. The topological polar surface area (TPSA) is 129 Å². The van der Waals surface area contributed by atoms with Gasteiger partial charge in [0.25, 0.3) is 0 Å². The lowest BCUT2D eigenvalue weighted by molar-refractivity contribution is 0.0490. The van der Waals surface area contributed by atoms with Crippen LogP contribution < -0.4 is 19.7 Å². The van der Waals surface area contributed by atoms with Crippen LogP contribution in [0.3, 0.4) is 0 Å². The molecule has 12 nitrogen and oxygen atoms in total. The van der Waals surface area contributed by atoms with E-state index in [4.69, 9.17) is 23.9 Å². The molecular weight excluding hydrogens is 535 g/mol. The van der Waals surface area contributed by atoms with Gasteiger partial charge in [0, 0.05) is 5.56 Å². The van der Waals surface area contributed by atoms with Crippen molar-refractivity contribution in [1.29, 1.82) is 0 Å². The number of carbonyl (C=O) groups excluding carboxylic acids is 2. The number of esters is 1. The number of fused-ring (bicyclic) bond motifs is 2. The van der Waals surface area contributed by atoms with Crippen molar-refractivity contribution >= 4 is 23.5 Å². The van der Waals surface area contributed by atoms with Crippen molar-refractivity contribution in [2.24, 2.45) is 5.92 Å². The van der Waals surface area contributed by atoms with Gasteiger partial charge in [-0.2, -0.15) is 5.10 Å². The molecule has 1 saturated carbocycles. The zero-order chi connectivity index (χ0) is 29.3. The third-order valence-corrected chi connectivity index (χ3v) is 6.65. The van der Waals surface area contributed by atoms with E-state index in [-0.39, 0.29) is 37.2 Å². The Morgan fingerprint density at radius 3 is 2.76 bits per heavy atom. The molecule has 3 aromatic rings. The fraction of sp³-hybridized carbons (Fsp3) is 0.536. The molecule has 2 aliphatic rings. The van der Waals surface area contributed by atoms with Gasteiger partial charge in [-0.05, 0) is 59.4 Å². The number of rotatable bonds is 9. The minimum atomic E-state index is -0.628. The number of hydrogen-bond donors (Lipinski definition) is 1. The van der Waals surface area contributed by atoms with Crippen molar-refractivity contribution in [3.63, 3.8) is 0 Å². The second-order valence-electron chi connectivity index (χ2n) is 11.3. The number of alkyl carbamates (subject to hydrolysis) is 1. The van der Waals surface area contributed by atoms with E-state index in [1.165, 1.54) is 16.8 Å². The highest BCUT2D eigenvalue weighted by Crippen LogP contribution is 2.43. The van der Waals surface area contributed by atoms with Crippen molar-refractivity contribution in [3.05, 3.63) is 41.6 Å². The summed E-state index contributed by atoms with van der Waals surface area (Å²) < 4.78 is 38.5. The van der Waals surface area contributed by atoms with Gasteiger partial charge in [-0.25, -0.2) is 28.5 Å². The molecule has 1 aliphatic heterocycles. The van der Waals surface area contributed by atoms with Crippen molar-refractivity contribution < 1.29 is 32.9 Å². The van der Waals surface area contributed by atoms with Crippen molar-refractivity contribution in [1.82, 2.24) is 24.9 Å². The molecule has 41 heavy (non-hydrogen) atoms. The first kappa shape index (κ1) is 28.4. The Labute approximate surface area is 237 Å².